The summed E-state index contributed by atoms with van der Waals surface area (Å²) in [6.45, 7) is 1.92. The topological polar surface area (TPSA) is 107 Å². The van der Waals surface area contributed by atoms with E-state index in [0.717, 1.165) is 31.2 Å². The molecule has 0 radical (unpaired) electrons. The maximum Gasteiger partial charge on any atom is 0.428 e. The van der Waals surface area contributed by atoms with E-state index in [2.05, 4.69) is 9.47 Å². The highest BCUT2D eigenvalue weighted by Gasteiger charge is 2.53. The first kappa shape index (κ1) is 27.4. The summed E-state index contributed by atoms with van der Waals surface area (Å²) in [6.07, 6.45) is -13.7. The Bertz CT molecular complexity index is 1190. The highest BCUT2D eigenvalue weighted by molar-refractivity contribution is 7.85. The van der Waals surface area contributed by atoms with Gasteiger partial charge in [-0.05, 0) is 48.4 Å². The maximum absolute atomic E-state index is 13.2. The van der Waals surface area contributed by atoms with Crippen molar-refractivity contribution in [3.63, 3.8) is 0 Å². The molecule has 7 nitrogen and oxygen atoms in total. The molecule has 2 rings (SSSR count). The number of benzene rings is 2. The SMILES string of the molecule is CCC(C)(OC(=O)c1ccc2cc(C(=O)OC(CS(=O)(=O)O)C(F)(F)F)ccc2c1)C(F)(F)F. The van der Waals surface area contributed by atoms with Gasteiger partial charge in [-0.15, -0.1) is 0 Å². The smallest absolute Gasteiger partial charge is 0.428 e. The van der Waals surface area contributed by atoms with Gasteiger partial charge in [-0.1, -0.05) is 19.1 Å². The monoisotopic (exact) mass is 516 g/mol. The summed E-state index contributed by atoms with van der Waals surface area (Å²) in [6, 6.07) is 6.75. The van der Waals surface area contributed by atoms with E-state index in [9.17, 15) is 44.3 Å². The second-order valence-electron chi connectivity index (χ2n) is 7.43. The molecule has 0 fully saturated rings. The van der Waals surface area contributed by atoms with Crippen molar-refractivity contribution in [3.8, 4) is 0 Å². The Balaban J connectivity index is 2.28. The van der Waals surface area contributed by atoms with Crippen LogP contribution >= 0.6 is 0 Å². The first-order valence-corrected chi connectivity index (χ1v) is 11.0. The number of carbonyl (C=O) groups excluding carboxylic acids is 2. The van der Waals surface area contributed by atoms with Gasteiger partial charge in [0.2, 0.25) is 11.7 Å². The van der Waals surface area contributed by atoms with E-state index in [1.807, 2.05) is 0 Å². The molecule has 0 aromatic heterocycles. The molecule has 0 heterocycles. The summed E-state index contributed by atoms with van der Waals surface area (Å²) in [4.78, 5) is 24.4. The van der Waals surface area contributed by atoms with E-state index in [4.69, 9.17) is 4.55 Å². The van der Waals surface area contributed by atoms with Gasteiger partial charge in [0.1, 0.15) is 5.75 Å². The van der Waals surface area contributed by atoms with E-state index in [-0.39, 0.29) is 16.3 Å². The minimum Gasteiger partial charge on any atom is -0.448 e. The van der Waals surface area contributed by atoms with Gasteiger partial charge in [0, 0.05) is 0 Å². The Morgan fingerprint density at radius 3 is 1.79 bits per heavy atom. The van der Waals surface area contributed by atoms with Crippen LogP contribution in [0.15, 0.2) is 36.4 Å². The van der Waals surface area contributed by atoms with Crippen LogP contribution < -0.4 is 0 Å². The molecule has 2 atom stereocenters. The number of hydrogen-bond acceptors (Lipinski definition) is 6. The minimum absolute atomic E-state index is 0.207. The average molecular weight is 516 g/mol. The van der Waals surface area contributed by atoms with Crippen LogP contribution in [0.1, 0.15) is 41.0 Å². The molecule has 2 aromatic carbocycles. The molecule has 0 spiro atoms. The predicted octanol–water partition coefficient (Wildman–Crippen LogP) is 4.70. The van der Waals surface area contributed by atoms with E-state index in [0.29, 0.717) is 0 Å². The predicted molar refractivity (Wildman–Crippen MR) is 106 cm³/mol. The molecule has 34 heavy (non-hydrogen) atoms. The zero-order valence-electron chi connectivity index (χ0n) is 17.5. The van der Waals surface area contributed by atoms with Crippen LogP contribution in [0.2, 0.25) is 0 Å². The summed E-state index contributed by atoms with van der Waals surface area (Å²) in [7, 11) is -5.12. The van der Waals surface area contributed by atoms with Gasteiger partial charge in [0.05, 0.1) is 11.1 Å². The van der Waals surface area contributed by atoms with Crippen molar-refractivity contribution in [1.82, 2.24) is 0 Å². The molecule has 1 N–H and O–H groups in total. The van der Waals surface area contributed by atoms with Crippen LogP contribution in [0.5, 0.6) is 0 Å². The van der Waals surface area contributed by atoms with Crippen molar-refractivity contribution >= 4 is 32.8 Å². The molecule has 0 saturated heterocycles. The molecule has 0 amide bonds. The number of hydrogen-bond donors (Lipinski definition) is 1. The second-order valence-corrected chi connectivity index (χ2v) is 8.93. The van der Waals surface area contributed by atoms with Crippen LogP contribution in [-0.4, -0.2) is 54.7 Å². The zero-order chi connectivity index (χ0) is 26.1. The fourth-order valence-corrected chi connectivity index (χ4v) is 3.32. The number of rotatable bonds is 7. The highest BCUT2D eigenvalue weighted by Crippen LogP contribution is 2.37. The standard InChI is InChI=1S/C20H18F6O7S/c1-3-18(2,20(24,25)26)33-17(28)14-7-5-11-8-13(6-4-12(11)9-14)16(27)32-15(19(21,22)23)10-34(29,30)31/h4-9,15H,3,10H2,1-2H3,(H,29,30,31). The Hall–Kier alpha value is -2.87. The van der Waals surface area contributed by atoms with Crippen LogP contribution in [0.4, 0.5) is 26.3 Å². The quantitative estimate of drug-likeness (QED) is 0.323. The number of fused-ring (bicyclic) bond motifs is 1. The van der Waals surface area contributed by atoms with Crippen molar-refractivity contribution in [2.45, 2.75) is 44.3 Å². The molecule has 0 bridgehead atoms. The maximum atomic E-state index is 13.2. The van der Waals surface area contributed by atoms with Crippen molar-refractivity contribution < 1.29 is 58.4 Å². The number of ether oxygens (including phenoxy) is 2. The lowest BCUT2D eigenvalue weighted by Crippen LogP contribution is -2.45. The molecule has 0 aliphatic carbocycles. The lowest BCUT2D eigenvalue weighted by Gasteiger charge is -2.30. The van der Waals surface area contributed by atoms with Gasteiger partial charge in [-0.3, -0.25) is 4.55 Å². The van der Waals surface area contributed by atoms with Gasteiger partial charge in [-0.25, -0.2) is 9.59 Å². The third kappa shape index (κ3) is 6.59. The summed E-state index contributed by atoms with van der Waals surface area (Å²) in [5, 5.41) is 0.444. The summed E-state index contributed by atoms with van der Waals surface area (Å²) >= 11 is 0. The fraction of sp³-hybridized carbons (Fsp3) is 0.400. The van der Waals surface area contributed by atoms with Crippen LogP contribution in [0.3, 0.4) is 0 Å². The molecule has 188 valence electrons. The Morgan fingerprint density at radius 2 is 1.41 bits per heavy atom. The Morgan fingerprint density at radius 1 is 0.941 bits per heavy atom. The minimum atomic E-state index is -5.28. The van der Waals surface area contributed by atoms with Gasteiger partial charge in [0.25, 0.3) is 10.1 Å². The number of esters is 2. The van der Waals surface area contributed by atoms with Crippen molar-refractivity contribution in [3.05, 3.63) is 47.5 Å². The molecule has 14 heteroatoms. The van der Waals surface area contributed by atoms with Gasteiger partial charge in [-0.2, -0.15) is 34.8 Å². The first-order valence-electron chi connectivity index (χ1n) is 9.43. The average Bonchev–Trinajstić information content (AvgIpc) is 2.69. The molecular formula is C20H18F6O7S. The number of halogens is 6. The summed E-state index contributed by atoms with van der Waals surface area (Å²) in [5.41, 5.74) is -3.37. The highest BCUT2D eigenvalue weighted by atomic mass is 32.2. The Labute approximate surface area is 189 Å². The molecular weight excluding hydrogens is 498 g/mol. The molecule has 0 saturated carbocycles. The van der Waals surface area contributed by atoms with Crippen molar-refractivity contribution in [2.75, 3.05) is 5.75 Å². The van der Waals surface area contributed by atoms with Crippen LogP contribution in [-0.2, 0) is 19.6 Å². The second kappa shape index (κ2) is 9.41. The van der Waals surface area contributed by atoms with Gasteiger partial charge in [0.15, 0.2) is 0 Å². The lowest BCUT2D eigenvalue weighted by atomic mass is 10.0. The lowest BCUT2D eigenvalue weighted by molar-refractivity contribution is -0.252. The molecule has 0 aliphatic rings. The third-order valence-corrected chi connectivity index (χ3v) is 5.60. The van der Waals surface area contributed by atoms with E-state index < -0.39 is 63.9 Å². The summed E-state index contributed by atoms with van der Waals surface area (Å²) in [5.74, 6) is -4.69. The van der Waals surface area contributed by atoms with Crippen LogP contribution in [0, 0.1) is 0 Å². The largest absolute Gasteiger partial charge is 0.448 e. The third-order valence-electron chi connectivity index (χ3n) is 4.88. The molecule has 2 aromatic rings. The summed E-state index contributed by atoms with van der Waals surface area (Å²) < 4.78 is 117. The Kier molecular flexibility index (Phi) is 7.57. The molecule has 2 unspecified atom stereocenters. The van der Waals surface area contributed by atoms with Crippen molar-refractivity contribution in [1.29, 1.82) is 0 Å². The van der Waals surface area contributed by atoms with Crippen LogP contribution in [0.25, 0.3) is 10.8 Å². The van der Waals surface area contributed by atoms with Gasteiger partial charge < -0.3 is 9.47 Å². The van der Waals surface area contributed by atoms with E-state index >= 15 is 0 Å². The van der Waals surface area contributed by atoms with E-state index in [1.165, 1.54) is 19.1 Å². The van der Waals surface area contributed by atoms with E-state index in [1.54, 1.807) is 0 Å². The fourth-order valence-electron chi connectivity index (χ4n) is 2.68. The molecule has 0 aliphatic heterocycles. The zero-order valence-corrected chi connectivity index (χ0v) is 18.3. The first-order chi connectivity index (χ1) is 15.4. The van der Waals surface area contributed by atoms with Gasteiger partial charge >= 0.3 is 24.3 Å². The van der Waals surface area contributed by atoms with Crippen molar-refractivity contribution in [2.24, 2.45) is 0 Å². The number of alkyl halides is 6. The number of carbonyl (C=O) groups is 2. The normalized spacial score (nSPS) is 15.4.